The number of carbonyl (C=O) groups excluding carboxylic acids is 8. The van der Waals surface area contributed by atoms with Crippen LogP contribution in [-0.2, 0) is 76.3 Å². The van der Waals surface area contributed by atoms with Crippen LogP contribution in [0.5, 0.6) is 0 Å². The van der Waals surface area contributed by atoms with Gasteiger partial charge in [0.1, 0.15) is 0 Å². The molecule has 0 heterocycles. The van der Waals surface area contributed by atoms with Crippen LogP contribution in [0.4, 0.5) is 0 Å². The van der Waals surface area contributed by atoms with Crippen LogP contribution in [0.15, 0.2) is 0 Å². The van der Waals surface area contributed by atoms with Gasteiger partial charge in [0.15, 0.2) is 21.7 Å². The van der Waals surface area contributed by atoms with Crippen molar-refractivity contribution in [3.05, 3.63) is 0 Å². The fourth-order valence-corrected chi connectivity index (χ4v) is 7.15. The van der Waals surface area contributed by atoms with E-state index in [9.17, 15) is 38.4 Å². The summed E-state index contributed by atoms with van der Waals surface area (Å²) < 4.78 is 43.0. The van der Waals surface area contributed by atoms with Crippen molar-refractivity contribution < 1.29 is 76.3 Å². The second-order valence-electron chi connectivity index (χ2n) is 15.7. The first-order chi connectivity index (χ1) is 32.7. The number of hydrogen-bond donors (Lipinski definition) is 0. The van der Waals surface area contributed by atoms with Gasteiger partial charge in [0.05, 0.1) is 52.9 Å². The predicted octanol–water partition coefficient (Wildman–Crippen LogP) is 6.71. The van der Waals surface area contributed by atoms with Gasteiger partial charge in [0.2, 0.25) is 0 Å². The lowest BCUT2D eigenvalue weighted by Gasteiger charge is -2.28. The molecule has 0 aromatic carbocycles. The normalized spacial score (nSPS) is 17.3. The largest absolute Gasteiger partial charge is 0.465 e. The summed E-state index contributed by atoms with van der Waals surface area (Å²) in [6.07, 6.45) is 1.02. The summed E-state index contributed by atoms with van der Waals surface area (Å²) in [6, 6.07) is 0. The van der Waals surface area contributed by atoms with Crippen LogP contribution < -0.4 is 0 Å². The molecule has 1 aliphatic carbocycles. The fourth-order valence-electron chi connectivity index (χ4n) is 7.15. The van der Waals surface area contributed by atoms with Crippen LogP contribution >= 0.6 is 0 Å². The van der Waals surface area contributed by atoms with E-state index in [1.165, 1.54) is 0 Å². The highest BCUT2D eigenvalue weighted by Crippen LogP contribution is 2.36. The Balaban J connectivity index is 3.99. The van der Waals surface area contributed by atoms with Gasteiger partial charge in [-0.15, -0.1) is 47.4 Å². The van der Waals surface area contributed by atoms with E-state index in [2.05, 4.69) is 47.4 Å². The highest BCUT2D eigenvalue weighted by atomic mass is 16.6. The van der Waals surface area contributed by atoms with Gasteiger partial charge in [-0.2, -0.15) is 0 Å². The number of carbonyl (C=O) groups is 8. The summed E-state index contributed by atoms with van der Waals surface area (Å²) >= 11 is 0. The SMILES string of the molecule is CCOC(=O)C1(C(=O)OCC)CC#CCCCCCC(C(=O)OCC)(C(=O)OCC)CC#CCC(C(=O)OCC)(C(=O)OCC)CC#CCCCCCC(C(=O)OCC)(C(=O)OCC)CC#CC1. The van der Waals surface area contributed by atoms with Crippen molar-refractivity contribution in [2.24, 2.45) is 21.7 Å². The molecule has 0 aliphatic heterocycles. The quantitative estimate of drug-likeness (QED) is 0.0681. The lowest BCUT2D eigenvalue weighted by atomic mass is 9.78. The van der Waals surface area contributed by atoms with E-state index in [1.807, 2.05) is 0 Å². The Kier molecular flexibility index (Phi) is 28.8. The Bertz CT molecular complexity index is 1740. The van der Waals surface area contributed by atoms with Gasteiger partial charge >= 0.3 is 47.8 Å². The molecule has 0 amide bonds. The second-order valence-corrected chi connectivity index (χ2v) is 15.7. The van der Waals surface area contributed by atoms with Crippen LogP contribution in [0.3, 0.4) is 0 Å². The maximum absolute atomic E-state index is 13.6. The number of rotatable bonds is 16. The van der Waals surface area contributed by atoms with Crippen molar-refractivity contribution in [2.45, 2.75) is 158 Å². The smallest absolute Gasteiger partial charge is 0.325 e. The molecule has 0 saturated heterocycles. The fraction of sp³-hybridized carbons (Fsp3) is 0.692. The summed E-state index contributed by atoms with van der Waals surface area (Å²) in [7, 11) is 0. The third-order valence-electron chi connectivity index (χ3n) is 11.0. The molecule has 0 atom stereocenters. The molecule has 0 unspecified atom stereocenters. The molecule has 0 aromatic rings. The van der Waals surface area contributed by atoms with Crippen molar-refractivity contribution in [1.29, 1.82) is 0 Å². The Morgan fingerprint density at radius 2 is 0.471 bits per heavy atom. The summed E-state index contributed by atoms with van der Waals surface area (Å²) in [6.45, 7) is 12.5. The highest BCUT2D eigenvalue weighted by Gasteiger charge is 2.51. The monoisotopic (exact) mass is 952 g/mol. The molecule has 0 spiro atoms. The van der Waals surface area contributed by atoms with E-state index >= 15 is 0 Å². The standard InChI is InChI=1S/C52H72O16/c1-9-61-41(53)49(42(54)62-10-2)33-25-21-17-18-22-26-35-51(45(57)65-13-5,46(58)66-14-6)39-31-32-40-52(47(59)67-15-7,48(60)68-16-8)36-28-24-20-19-23-27-34-50(38-30-29-37-49,43(55)63-11-3)44(56)64-12-4/h9-21,24-25,28,33-40H2,1-8H3. The lowest BCUT2D eigenvalue weighted by Crippen LogP contribution is -2.42. The minimum atomic E-state index is -1.96. The van der Waals surface area contributed by atoms with Gasteiger partial charge in [-0.3, -0.25) is 38.4 Å². The van der Waals surface area contributed by atoms with Crippen LogP contribution in [0.25, 0.3) is 0 Å². The molecule has 376 valence electrons. The number of ether oxygens (including phenoxy) is 8. The zero-order chi connectivity index (χ0) is 50.9. The maximum atomic E-state index is 13.6. The number of hydrogen-bond acceptors (Lipinski definition) is 16. The zero-order valence-corrected chi connectivity index (χ0v) is 41.5. The van der Waals surface area contributed by atoms with E-state index < -0.39 is 82.3 Å². The van der Waals surface area contributed by atoms with E-state index in [4.69, 9.17) is 37.9 Å². The predicted molar refractivity (Wildman–Crippen MR) is 248 cm³/mol. The van der Waals surface area contributed by atoms with Gasteiger partial charge in [-0.1, -0.05) is 25.7 Å². The third kappa shape index (κ3) is 17.3. The highest BCUT2D eigenvalue weighted by molar-refractivity contribution is 6.03. The molecule has 0 fully saturated rings. The minimum Gasteiger partial charge on any atom is -0.465 e. The zero-order valence-electron chi connectivity index (χ0n) is 41.5. The number of esters is 8. The topological polar surface area (TPSA) is 210 Å². The lowest BCUT2D eigenvalue weighted by molar-refractivity contribution is -0.174. The molecule has 0 aromatic heterocycles. The van der Waals surface area contributed by atoms with Crippen LogP contribution in [0, 0.1) is 69.0 Å². The van der Waals surface area contributed by atoms with Crippen molar-refractivity contribution in [2.75, 3.05) is 52.9 Å². The molecular formula is C52H72O16. The van der Waals surface area contributed by atoms with E-state index in [0.717, 1.165) is 0 Å². The first-order valence-corrected chi connectivity index (χ1v) is 23.9. The molecule has 0 radical (unpaired) electrons. The summed E-state index contributed by atoms with van der Waals surface area (Å²) in [5.41, 5.74) is -7.59. The molecule has 1 rings (SSSR count). The molecule has 16 nitrogen and oxygen atoms in total. The first-order valence-electron chi connectivity index (χ1n) is 23.9. The minimum absolute atomic E-state index is 0.0136. The summed E-state index contributed by atoms with van der Waals surface area (Å²) in [5.74, 6) is 16.4. The van der Waals surface area contributed by atoms with E-state index in [-0.39, 0.29) is 91.4 Å². The Labute approximate surface area is 403 Å². The van der Waals surface area contributed by atoms with Crippen LogP contribution in [-0.4, -0.2) is 101 Å². The van der Waals surface area contributed by atoms with Crippen LogP contribution in [0.2, 0.25) is 0 Å². The van der Waals surface area contributed by atoms with Gasteiger partial charge in [-0.05, 0) is 81.1 Å². The third-order valence-corrected chi connectivity index (χ3v) is 11.0. The van der Waals surface area contributed by atoms with Crippen molar-refractivity contribution >= 4 is 47.8 Å². The van der Waals surface area contributed by atoms with Gasteiger partial charge < -0.3 is 37.9 Å². The van der Waals surface area contributed by atoms with Crippen molar-refractivity contribution in [3.63, 3.8) is 0 Å². The Morgan fingerprint density at radius 1 is 0.279 bits per heavy atom. The molecule has 68 heavy (non-hydrogen) atoms. The Hall–Kier alpha value is -6.00. The molecule has 0 saturated carbocycles. The van der Waals surface area contributed by atoms with Gasteiger partial charge in [0, 0.05) is 51.4 Å². The first kappa shape index (κ1) is 60.0. The van der Waals surface area contributed by atoms with E-state index in [0.29, 0.717) is 51.4 Å². The van der Waals surface area contributed by atoms with Crippen molar-refractivity contribution in [1.82, 2.24) is 0 Å². The maximum Gasteiger partial charge on any atom is 0.325 e. The average Bonchev–Trinajstić information content (AvgIpc) is 3.30. The summed E-state index contributed by atoms with van der Waals surface area (Å²) in [5, 5.41) is 0. The summed E-state index contributed by atoms with van der Waals surface area (Å²) in [4.78, 5) is 109. The van der Waals surface area contributed by atoms with Crippen molar-refractivity contribution in [3.8, 4) is 47.4 Å². The Morgan fingerprint density at radius 3 is 0.691 bits per heavy atom. The second kappa shape index (κ2) is 32.7. The van der Waals surface area contributed by atoms with E-state index in [1.54, 1.807) is 55.4 Å². The molecular weight excluding hydrogens is 881 g/mol. The average molecular weight is 953 g/mol. The van der Waals surface area contributed by atoms with Gasteiger partial charge in [0.25, 0.3) is 0 Å². The van der Waals surface area contributed by atoms with Gasteiger partial charge in [-0.25, -0.2) is 0 Å². The molecule has 1 aliphatic rings. The van der Waals surface area contributed by atoms with Crippen LogP contribution in [0.1, 0.15) is 158 Å². The molecule has 0 N–H and O–H groups in total. The molecule has 0 bridgehead atoms. The molecule has 16 heteroatoms.